The Balaban J connectivity index is 1.70. The van der Waals surface area contributed by atoms with Crippen LogP contribution in [-0.2, 0) is 9.53 Å². The number of benzene rings is 1. The first kappa shape index (κ1) is 18.0. The number of rotatable bonds is 5. The van der Waals surface area contributed by atoms with E-state index in [1.54, 1.807) is 23.5 Å². The molecule has 1 amide bonds. The molecule has 1 saturated heterocycles. The van der Waals surface area contributed by atoms with E-state index >= 15 is 0 Å². The summed E-state index contributed by atoms with van der Waals surface area (Å²) in [6.07, 6.45) is 0.327. The van der Waals surface area contributed by atoms with Crippen LogP contribution >= 0.6 is 11.3 Å². The molecular weight excluding hydrogens is 339 g/mol. The molecule has 0 aliphatic carbocycles. The molecule has 2 N–H and O–H groups in total. The molecule has 6 heteroatoms. The third kappa shape index (κ3) is 4.87. The molecule has 4 nitrogen and oxygen atoms in total. The van der Waals surface area contributed by atoms with Gasteiger partial charge in [0.1, 0.15) is 31.1 Å². The summed E-state index contributed by atoms with van der Waals surface area (Å²) in [5, 5.41) is 5.10. The Morgan fingerprint density at radius 3 is 2.56 bits per heavy atom. The van der Waals surface area contributed by atoms with Gasteiger partial charge >= 0.3 is 0 Å². The van der Waals surface area contributed by atoms with Crippen molar-refractivity contribution >= 4 is 17.2 Å². The van der Waals surface area contributed by atoms with E-state index in [0.717, 1.165) is 23.5 Å². The molecule has 3 atom stereocenters. The van der Waals surface area contributed by atoms with Crippen molar-refractivity contribution in [3.8, 4) is 0 Å². The maximum atomic E-state index is 13.2. The van der Waals surface area contributed by atoms with Gasteiger partial charge in [0.2, 0.25) is 0 Å². The lowest BCUT2D eigenvalue weighted by atomic mass is 10.1. The van der Waals surface area contributed by atoms with Crippen LogP contribution in [0.2, 0.25) is 0 Å². The summed E-state index contributed by atoms with van der Waals surface area (Å²) in [6, 6.07) is 10.0. The van der Waals surface area contributed by atoms with Gasteiger partial charge in [0.05, 0.1) is 6.04 Å². The molecule has 0 bridgehead atoms. The van der Waals surface area contributed by atoms with Gasteiger partial charge in [-0.3, -0.25) is 4.79 Å². The lowest BCUT2D eigenvalue weighted by Gasteiger charge is -2.32. The Morgan fingerprint density at radius 1 is 1.28 bits per heavy atom. The minimum atomic E-state index is -0.277. The normalized spacial score (nSPS) is 24.7. The molecule has 0 unspecified atom stereocenters. The first-order chi connectivity index (χ1) is 12.0. The zero-order valence-electron chi connectivity index (χ0n) is 14.5. The highest BCUT2D eigenvalue weighted by Gasteiger charge is 2.28. The second kappa shape index (κ2) is 8.08. The lowest BCUT2D eigenvalue weighted by Crippen LogP contribution is -3.16. The number of quaternary nitrogens is 1. The van der Waals surface area contributed by atoms with Gasteiger partial charge in [0.15, 0.2) is 6.54 Å². The quantitative estimate of drug-likeness (QED) is 0.851. The van der Waals surface area contributed by atoms with Crippen LogP contribution < -0.4 is 10.2 Å². The zero-order valence-corrected chi connectivity index (χ0v) is 15.3. The van der Waals surface area contributed by atoms with Gasteiger partial charge < -0.3 is 15.0 Å². The predicted molar refractivity (Wildman–Crippen MR) is 96.3 cm³/mol. The summed E-state index contributed by atoms with van der Waals surface area (Å²) in [4.78, 5) is 14.9. The summed E-state index contributed by atoms with van der Waals surface area (Å²) >= 11 is 1.58. The van der Waals surface area contributed by atoms with Crippen LogP contribution in [0.3, 0.4) is 0 Å². The summed E-state index contributed by atoms with van der Waals surface area (Å²) < 4.78 is 19.0. The van der Waals surface area contributed by atoms with Crippen molar-refractivity contribution in [3.05, 3.63) is 58.0 Å². The van der Waals surface area contributed by atoms with Gasteiger partial charge in [-0.25, -0.2) is 4.39 Å². The number of ether oxygens (including phenoxy) is 1. The van der Waals surface area contributed by atoms with Crippen LogP contribution in [0.4, 0.5) is 4.39 Å². The van der Waals surface area contributed by atoms with E-state index in [4.69, 9.17) is 4.74 Å². The van der Waals surface area contributed by atoms with Crippen molar-refractivity contribution in [3.63, 3.8) is 0 Å². The van der Waals surface area contributed by atoms with Crippen LogP contribution in [0.25, 0.3) is 0 Å². The molecule has 2 heterocycles. The number of carbonyl (C=O) groups excluding carboxylic acids is 1. The Hall–Kier alpha value is -1.76. The molecule has 134 valence electrons. The molecule has 3 rings (SSSR count). The van der Waals surface area contributed by atoms with E-state index in [0.29, 0.717) is 6.54 Å². The average molecular weight is 363 g/mol. The van der Waals surface area contributed by atoms with Crippen LogP contribution in [-0.4, -0.2) is 37.7 Å². The third-order valence-corrected chi connectivity index (χ3v) is 5.30. The highest BCUT2D eigenvalue weighted by Crippen LogP contribution is 2.26. The SMILES string of the molecule is C[C@@H]1C[NH+](CC(=O)N[C@@H](c2ccc(F)cc2)c2cccs2)C[C@@H](C)O1. The minimum Gasteiger partial charge on any atom is -0.364 e. The molecule has 0 spiro atoms. The van der Waals surface area contributed by atoms with E-state index in [-0.39, 0.29) is 30.0 Å². The van der Waals surface area contributed by atoms with Crippen LogP contribution in [0.1, 0.15) is 30.3 Å². The zero-order chi connectivity index (χ0) is 17.8. The Labute approximate surface area is 151 Å². The fraction of sp³-hybridized carbons (Fsp3) is 0.421. The third-order valence-electron chi connectivity index (χ3n) is 4.36. The van der Waals surface area contributed by atoms with E-state index < -0.39 is 0 Å². The molecule has 0 saturated carbocycles. The van der Waals surface area contributed by atoms with Gasteiger partial charge in [-0.15, -0.1) is 11.3 Å². The number of thiophene rings is 1. The van der Waals surface area contributed by atoms with Crippen molar-refractivity contribution in [2.45, 2.75) is 32.1 Å². The van der Waals surface area contributed by atoms with Crippen molar-refractivity contribution in [2.75, 3.05) is 19.6 Å². The number of carbonyl (C=O) groups is 1. The topological polar surface area (TPSA) is 42.8 Å². The number of hydrogen-bond donors (Lipinski definition) is 2. The largest absolute Gasteiger partial charge is 0.364 e. The van der Waals surface area contributed by atoms with E-state index in [9.17, 15) is 9.18 Å². The molecule has 1 aromatic carbocycles. The second-order valence-corrected chi connectivity index (χ2v) is 7.64. The first-order valence-corrected chi connectivity index (χ1v) is 9.46. The second-order valence-electron chi connectivity index (χ2n) is 6.66. The van der Waals surface area contributed by atoms with Gasteiger partial charge in [-0.2, -0.15) is 0 Å². The molecule has 1 aliphatic heterocycles. The minimum absolute atomic E-state index is 0.000903. The molecule has 2 aromatic rings. The summed E-state index contributed by atoms with van der Waals surface area (Å²) in [7, 11) is 0. The Morgan fingerprint density at radius 2 is 1.96 bits per heavy atom. The summed E-state index contributed by atoms with van der Waals surface area (Å²) in [5.41, 5.74) is 0.885. The van der Waals surface area contributed by atoms with Crippen molar-refractivity contribution < 1.29 is 18.8 Å². The number of halogens is 1. The van der Waals surface area contributed by atoms with Gasteiger partial charge in [0, 0.05) is 4.88 Å². The summed E-state index contributed by atoms with van der Waals surface area (Å²) in [5.74, 6) is -0.278. The van der Waals surface area contributed by atoms with Crippen LogP contribution in [0.15, 0.2) is 41.8 Å². The summed E-state index contributed by atoms with van der Waals surface area (Å²) in [6.45, 7) is 6.16. The smallest absolute Gasteiger partial charge is 0.275 e. The standard InChI is InChI=1S/C19H23FN2O2S/c1-13-10-22(11-14(2)24-13)12-18(23)21-19(17-4-3-9-25-17)15-5-7-16(20)8-6-15/h3-9,13-14,19H,10-12H2,1-2H3,(H,21,23)/p+1/t13-,14-,19+/m1/s1. The maximum Gasteiger partial charge on any atom is 0.275 e. The van der Waals surface area contributed by atoms with E-state index in [1.165, 1.54) is 17.0 Å². The highest BCUT2D eigenvalue weighted by molar-refractivity contribution is 7.10. The van der Waals surface area contributed by atoms with Crippen LogP contribution in [0, 0.1) is 5.82 Å². The molecular formula is C19H24FN2O2S+. The number of amides is 1. The Kier molecular flexibility index (Phi) is 5.83. The maximum absolute atomic E-state index is 13.2. The average Bonchev–Trinajstić information content (AvgIpc) is 3.06. The van der Waals surface area contributed by atoms with Crippen molar-refractivity contribution in [2.24, 2.45) is 0 Å². The van der Waals surface area contributed by atoms with Crippen LogP contribution in [0.5, 0.6) is 0 Å². The van der Waals surface area contributed by atoms with Gasteiger partial charge in [-0.1, -0.05) is 18.2 Å². The number of morpholine rings is 1. The molecule has 1 aliphatic rings. The number of hydrogen-bond acceptors (Lipinski definition) is 3. The highest BCUT2D eigenvalue weighted by atomic mass is 32.1. The monoisotopic (exact) mass is 363 g/mol. The molecule has 1 aromatic heterocycles. The fourth-order valence-corrected chi connectivity index (χ4v) is 4.20. The van der Waals surface area contributed by atoms with Crippen molar-refractivity contribution in [1.29, 1.82) is 0 Å². The molecule has 0 radical (unpaired) electrons. The fourth-order valence-electron chi connectivity index (χ4n) is 3.40. The molecule has 25 heavy (non-hydrogen) atoms. The first-order valence-electron chi connectivity index (χ1n) is 8.58. The van der Waals surface area contributed by atoms with Gasteiger partial charge in [0.25, 0.3) is 5.91 Å². The lowest BCUT2D eigenvalue weighted by molar-refractivity contribution is -0.907. The van der Waals surface area contributed by atoms with E-state index in [1.807, 2.05) is 31.4 Å². The number of nitrogens with one attached hydrogen (secondary N) is 2. The molecule has 1 fully saturated rings. The predicted octanol–water partition coefficient (Wildman–Crippen LogP) is 1.78. The Bertz CT molecular complexity index is 680. The van der Waals surface area contributed by atoms with Gasteiger partial charge in [-0.05, 0) is 43.0 Å². The van der Waals surface area contributed by atoms with E-state index in [2.05, 4.69) is 5.32 Å². The van der Waals surface area contributed by atoms with Crippen molar-refractivity contribution in [1.82, 2.24) is 5.32 Å².